The van der Waals surface area contributed by atoms with Gasteiger partial charge in [0.2, 0.25) is 0 Å². The lowest BCUT2D eigenvalue weighted by Gasteiger charge is -2.13. The molecule has 0 spiro atoms. The molecule has 0 radical (unpaired) electrons. The standard InChI is InChI=1S/C13H20BrNO2/c1-3-17-7-6-11(15)8-10-9-12(16-2)4-5-13(10)14/h4-5,9,11H,3,6-8,15H2,1-2H3. The highest BCUT2D eigenvalue weighted by atomic mass is 79.9. The molecule has 1 rings (SSSR count). The van der Waals surface area contributed by atoms with Crippen molar-refractivity contribution in [3.05, 3.63) is 28.2 Å². The summed E-state index contributed by atoms with van der Waals surface area (Å²) in [5, 5.41) is 0. The summed E-state index contributed by atoms with van der Waals surface area (Å²) < 4.78 is 11.6. The molecule has 0 aromatic heterocycles. The maximum atomic E-state index is 6.07. The Morgan fingerprint density at radius 3 is 2.82 bits per heavy atom. The second-order valence-electron chi connectivity index (χ2n) is 3.91. The summed E-state index contributed by atoms with van der Waals surface area (Å²) in [5.41, 5.74) is 7.24. The maximum absolute atomic E-state index is 6.07. The lowest BCUT2D eigenvalue weighted by molar-refractivity contribution is 0.140. The van der Waals surface area contributed by atoms with Crippen LogP contribution in [-0.2, 0) is 11.2 Å². The number of rotatable bonds is 7. The van der Waals surface area contributed by atoms with Crippen molar-refractivity contribution in [2.75, 3.05) is 20.3 Å². The summed E-state index contributed by atoms with van der Waals surface area (Å²) in [5.74, 6) is 0.861. The number of ether oxygens (including phenoxy) is 2. The van der Waals surface area contributed by atoms with E-state index in [1.165, 1.54) is 5.56 Å². The number of benzene rings is 1. The molecule has 0 amide bonds. The Bertz CT molecular complexity index is 344. The average molecular weight is 302 g/mol. The normalized spacial score (nSPS) is 12.5. The molecule has 3 nitrogen and oxygen atoms in total. The molecular formula is C13H20BrNO2. The summed E-state index contributed by atoms with van der Waals surface area (Å²) in [6.45, 7) is 3.46. The maximum Gasteiger partial charge on any atom is 0.119 e. The first-order valence-electron chi connectivity index (χ1n) is 5.83. The van der Waals surface area contributed by atoms with E-state index in [1.807, 2.05) is 25.1 Å². The molecule has 0 fully saturated rings. The fraction of sp³-hybridized carbons (Fsp3) is 0.538. The molecule has 17 heavy (non-hydrogen) atoms. The van der Waals surface area contributed by atoms with Gasteiger partial charge < -0.3 is 15.2 Å². The molecule has 0 bridgehead atoms. The van der Waals surface area contributed by atoms with Crippen LogP contribution in [-0.4, -0.2) is 26.4 Å². The monoisotopic (exact) mass is 301 g/mol. The molecule has 1 unspecified atom stereocenters. The molecule has 0 saturated carbocycles. The van der Waals surface area contributed by atoms with E-state index in [-0.39, 0.29) is 6.04 Å². The van der Waals surface area contributed by atoms with Crippen molar-refractivity contribution in [3.8, 4) is 5.75 Å². The first kappa shape index (κ1) is 14.5. The third-order valence-corrected chi connectivity index (χ3v) is 3.35. The van der Waals surface area contributed by atoms with Crippen LogP contribution < -0.4 is 10.5 Å². The summed E-state index contributed by atoms with van der Waals surface area (Å²) in [7, 11) is 1.67. The van der Waals surface area contributed by atoms with Crippen LogP contribution >= 0.6 is 15.9 Å². The Hall–Kier alpha value is -0.580. The molecule has 1 aromatic rings. The number of nitrogens with two attached hydrogens (primary N) is 1. The van der Waals surface area contributed by atoms with Crippen molar-refractivity contribution >= 4 is 15.9 Å². The van der Waals surface area contributed by atoms with E-state index in [0.717, 1.165) is 36.3 Å². The van der Waals surface area contributed by atoms with Crippen LogP contribution in [0.4, 0.5) is 0 Å². The highest BCUT2D eigenvalue weighted by Gasteiger charge is 2.08. The quantitative estimate of drug-likeness (QED) is 0.788. The van der Waals surface area contributed by atoms with E-state index in [2.05, 4.69) is 15.9 Å². The molecule has 2 N–H and O–H groups in total. The molecule has 1 aromatic carbocycles. The van der Waals surface area contributed by atoms with E-state index >= 15 is 0 Å². The molecule has 0 heterocycles. The Morgan fingerprint density at radius 2 is 2.18 bits per heavy atom. The van der Waals surface area contributed by atoms with Gasteiger partial charge in [-0.15, -0.1) is 0 Å². The van der Waals surface area contributed by atoms with Crippen molar-refractivity contribution in [1.29, 1.82) is 0 Å². The zero-order chi connectivity index (χ0) is 12.7. The summed E-state index contributed by atoms with van der Waals surface area (Å²) in [6, 6.07) is 6.05. The lowest BCUT2D eigenvalue weighted by Crippen LogP contribution is -2.24. The van der Waals surface area contributed by atoms with Crippen molar-refractivity contribution < 1.29 is 9.47 Å². The molecule has 4 heteroatoms. The molecule has 0 aliphatic rings. The molecule has 96 valence electrons. The van der Waals surface area contributed by atoms with Gasteiger partial charge in [0.1, 0.15) is 5.75 Å². The van der Waals surface area contributed by atoms with Crippen LogP contribution in [0.25, 0.3) is 0 Å². The summed E-state index contributed by atoms with van der Waals surface area (Å²) in [4.78, 5) is 0. The zero-order valence-electron chi connectivity index (χ0n) is 10.4. The van der Waals surface area contributed by atoms with Crippen LogP contribution in [0.2, 0.25) is 0 Å². The molecular weight excluding hydrogens is 282 g/mol. The summed E-state index contributed by atoms with van der Waals surface area (Å²) >= 11 is 3.53. The Balaban J connectivity index is 2.54. The van der Waals surface area contributed by atoms with E-state index in [0.29, 0.717) is 0 Å². The Labute approximate surface area is 111 Å². The van der Waals surface area contributed by atoms with Gasteiger partial charge in [-0.1, -0.05) is 15.9 Å². The fourth-order valence-electron chi connectivity index (χ4n) is 1.60. The van der Waals surface area contributed by atoms with Crippen molar-refractivity contribution in [2.45, 2.75) is 25.8 Å². The smallest absolute Gasteiger partial charge is 0.119 e. The SMILES string of the molecule is CCOCCC(N)Cc1cc(OC)ccc1Br. The number of hydrogen-bond donors (Lipinski definition) is 1. The van der Waals surface area contributed by atoms with Gasteiger partial charge in [-0.3, -0.25) is 0 Å². The third kappa shape index (κ3) is 5.06. The molecule has 0 aliphatic heterocycles. The van der Waals surface area contributed by atoms with Crippen LogP contribution in [0.3, 0.4) is 0 Å². The van der Waals surface area contributed by atoms with Gasteiger partial charge in [0, 0.05) is 23.7 Å². The van der Waals surface area contributed by atoms with E-state index in [9.17, 15) is 0 Å². The Morgan fingerprint density at radius 1 is 1.41 bits per heavy atom. The van der Waals surface area contributed by atoms with Crippen molar-refractivity contribution in [2.24, 2.45) is 5.73 Å². The average Bonchev–Trinajstić information content (AvgIpc) is 2.32. The van der Waals surface area contributed by atoms with Crippen LogP contribution in [0.1, 0.15) is 18.9 Å². The van der Waals surface area contributed by atoms with Gasteiger partial charge >= 0.3 is 0 Å². The first-order valence-corrected chi connectivity index (χ1v) is 6.62. The zero-order valence-corrected chi connectivity index (χ0v) is 12.0. The van der Waals surface area contributed by atoms with Crippen molar-refractivity contribution in [3.63, 3.8) is 0 Å². The minimum atomic E-state index is 0.116. The van der Waals surface area contributed by atoms with Gasteiger partial charge in [-0.05, 0) is 43.5 Å². The number of hydrogen-bond acceptors (Lipinski definition) is 3. The second kappa shape index (κ2) is 7.69. The Kier molecular flexibility index (Phi) is 6.55. The van der Waals surface area contributed by atoms with Gasteiger partial charge in [-0.2, -0.15) is 0 Å². The largest absolute Gasteiger partial charge is 0.497 e. The van der Waals surface area contributed by atoms with E-state index in [4.69, 9.17) is 15.2 Å². The lowest BCUT2D eigenvalue weighted by atomic mass is 10.0. The predicted octanol–water partition coefficient (Wildman–Crippen LogP) is 2.75. The topological polar surface area (TPSA) is 44.5 Å². The second-order valence-corrected chi connectivity index (χ2v) is 4.76. The summed E-state index contributed by atoms with van der Waals surface area (Å²) in [6.07, 6.45) is 1.70. The third-order valence-electron chi connectivity index (χ3n) is 2.57. The molecule has 0 aliphatic carbocycles. The number of methoxy groups -OCH3 is 1. The van der Waals surface area contributed by atoms with Crippen LogP contribution in [0.15, 0.2) is 22.7 Å². The minimum Gasteiger partial charge on any atom is -0.497 e. The van der Waals surface area contributed by atoms with E-state index < -0.39 is 0 Å². The van der Waals surface area contributed by atoms with E-state index in [1.54, 1.807) is 7.11 Å². The van der Waals surface area contributed by atoms with Gasteiger partial charge in [0.25, 0.3) is 0 Å². The highest BCUT2D eigenvalue weighted by molar-refractivity contribution is 9.10. The predicted molar refractivity (Wildman–Crippen MR) is 73.5 cm³/mol. The van der Waals surface area contributed by atoms with Crippen molar-refractivity contribution in [1.82, 2.24) is 0 Å². The first-order chi connectivity index (χ1) is 8.17. The van der Waals surface area contributed by atoms with Gasteiger partial charge in [-0.25, -0.2) is 0 Å². The molecule has 0 saturated heterocycles. The van der Waals surface area contributed by atoms with Crippen LogP contribution in [0.5, 0.6) is 5.75 Å². The van der Waals surface area contributed by atoms with Gasteiger partial charge in [0.05, 0.1) is 7.11 Å². The van der Waals surface area contributed by atoms with Gasteiger partial charge in [0.15, 0.2) is 0 Å². The van der Waals surface area contributed by atoms with Crippen LogP contribution in [0, 0.1) is 0 Å². The molecule has 1 atom stereocenters. The highest BCUT2D eigenvalue weighted by Crippen LogP contribution is 2.23. The number of halogens is 1. The minimum absolute atomic E-state index is 0.116. The fourth-order valence-corrected chi connectivity index (χ4v) is 2.01.